The quantitative estimate of drug-likeness (QED) is 0.480. The number of benzene rings is 2. The molecule has 0 saturated carbocycles. The number of aliphatic carboxylic acids is 1. The summed E-state index contributed by atoms with van der Waals surface area (Å²) < 4.78 is 5.62. The lowest BCUT2D eigenvalue weighted by molar-refractivity contribution is -0.141. The lowest BCUT2D eigenvalue weighted by Gasteiger charge is -2.38. The van der Waals surface area contributed by atoms with E-state index in [-0.39, 0.29) is 24.8 Å². The van der Waals surface area contributed by atoms with E-state index in [1.54, 1.807) is 38.2 Å². The highest BCUT2D eigenvalue weighted by atomic mass is 35.5. The number of carboxylic acid groups (broad SMARTS) is 1. The lowest BCUT2D eigenvalue weighted by Crippen LogP contribution is -2.47. The number of carboxylic acids is 1. The Kier molecular flexibility index (Phi) is 9.09. The Morgan fingerprint density at radius 1 is 1.19 bits per heavy atom. The highest BCUT2D eigenvalue weighted by molar-refractivity contribution is 6.30. The van der Waals surface area contributed by atoms with Crippen LogP contribution >= 0.6 is 11.6 Å². The lowest BCUT2D eigenvalue weighted by atomic mass is 9.87. The van der Waals surface area contributed by atoms with Crippen molar-refractivity contribution in [3.05, 3.63) is 64.7 Å². The van der Waals surface area contributed by atoms with Crippen molar-refractivity contribution in [2.75, 3.05) is 26.7 Å². The molecule has 2 aromatic carbocycles. The number of carbonyl (C=O) groups excluding carboxylic acids is 2. The van der Waals surface area contributed by atoms with Gasteiger partial charge < -0.3 is 19.6 Å². The first-order valence-corrected chi connectivity index (χ1v) is 12.3. The second kappa shape index (κ2) is 12.0. The van der Waals surface area contributed by atoms with Crippen LogP contribution in [0.4, 0.5) is 4.79 Å². The Balaban J connectivity index is 1.62. The molecule has 0 aliphatic carbocycles. The first kappa shape index (κ1) is 27.2. The van der Waals surface area contributed by atoms with Gasteiger partial charge >= 0.3 is 12.0 Å². The van der Waals surface area contributed by atoms with E-state index in [4.69, 9.17) is 16.3 Å². The number of urea groups is 1. The van der Waals surface area contributed by atoms with Gasteiger partial charge in [-0.1, -0.05) is 49.7 Å². The summed E-state index contributed by atoms with van der Waals surface area (Å²) in [6.07, 6.45) is 0.440. The van der Waals surface area contributed by atoms with Crippen molar-refractivity contribution >= 4 is 35.2 Å². The molecule has 1 N–H and O–H groups in total. The first-order chi connectivity index (χ1) is 17.1. The zero-order chi connectivity index (χ0) is 26.4. The summed E-state index contributed by atoms with van der Waals surface area (Å²) in [6, 6.07) is 13.3. The molecule has 1 aliphatic rings. The van der Waals surface area contributed by atoms with Crippen LogP contribution in [0.5, 0.6) is 5.75 Å². The van der Waals surface area contributed by atoms with E-state index in [1.807, 2.05) is 24.3 Å². The molecular weight excluding hydrogens is 482 g/mol. The maximum absolute atomic E-state index is 12.8. The van der Waals surface area contributed by atoms with Crippen LogP contribution in [-0.4, -0.2) is 65.3 Å². The fourth-order valence-electron chi connectivity index (χ4n) is 4.23. The normalized spacial score (nSPS) is 17.7. The third-order valence-electron chi connectivity index (χ3n) is 6.30. The number of rotatable bonds is 10. The van der Waals surface area contributed by atoms with Crippen molar-refractivity contribution in [1.29, 1.82) is 0 Å². The second-order valence-electron chi connectivity index (χ2n) is 9.23. The number of hydrogen-bond donors (Lipinski definition) is 1. The van der Waals surface area contributed by atoms with Crippen LogP contribution < -0.4 is 4.74 Å². The van der Waals surface area contributed by atoms with Crippen molar-refractivity contribution in [1.82, 2.24) is 9.80 Å². The van der Waals surface area contributed by atoms with E-state index < -0.39 is 24.0 Å². The van der Waals surface area contributed by atoms with Gasteiger partial charge in [-0.2, -0.15) is 0 Å². The predicted molar refractivity (Wildman–Crippen MR) is 139 cm³/mol. The van der Waals surface area contributed by atoms with Crippen molar-refractivity contribution in [2.45, 2.75) is 39.2 Å². The predicted octanol–water partition coefficient (Wildman–Crippen LogP) is 5.03. The van der Waals surface area contributed by atoms with Crippen LogP contribution in [0.3, 0.4) is 0 Å². The third kappa shape index (κ3) is 6.63. The van der Waals surface area contributed by atoms with Gasteiger partial charge in [-0.15, -0.1) is 0 Å². The smallest absolute Gasteiger partial charge is 0.344 e. The molecule has 0 saturated heterocycles. The van der Waals surface area contributed by atoms with E-state index >= 15 is 0 Å². The van der Waals surface area contributed by atoms with Gasteiger partial charge in [0.2, 0.25) is 0 Å². The number of amides is 3. The minimum Gasteiger partial charge on any atom is -0.484 e. The van der Waals surface area contributed by atoms with Gasteiger partial charge in [-0.25, -0.2) is 9.79 Å². The zero-order valence-electron chi connectivity index (χ0n) is 21.0. The highest BCUT2D eigenvalue weighted by Gasteiger charge is 2.42. The number of aliphatic imine (C=N–C) groups is 1. The summed E-state index contributed by atoms with van der Waals surface area (Å²) in [4.78, 5) is 44.4. The number of carbonyl (C=O) groups is 3. The molecule has 1 aliphatic heterocycles. The van der Waals surface area contributed by atoms with Crippen molar-refractivity contribution in [3.63, 3.8) is 0 Å². The van der Waals surface area contributed by atoms with Gasteiger partial charge in [0.25, 0.3) is 5.91 Å². The van der Waals surface area contributed by atoms with Gasteiger partial charge in [0.1, 0.15) is 11.7 Å². The molecule has 0 aromatic heterocycles. The molecule has 192 valence electrons. The summed E-state index contributed by atoms with van der Waals surface area (Å²) in [5.74, 6) is -1.22. The van der Waals surface area contributed by atoms with Gasteiger partial charge in [0.05, 0.1) is 6.04 Å². The van der Waals surface area contributed by atoms with Gasteiger partial charge in [-0.3, -0.25) is 9.59 Å². The summed E-state index contributed by atoms with van der Waals surface area (Å²) in [6.45, 7) is 6.26. The zero-order valence-corrected chi connectivity index (χ0v) is 21.7. The molecule has 2 atom stereocenters. The fourth-order valence-corrected chi connectivity index (χ4v) is 4.43. The minimum atomic E-state index is -1.07. The van der Waals surface area contributed by atoms with Crippen LogP contribution in [0.1, 0.15) is 50.3 Å². The number of nitrogens with zero attached hydrogens (tertiary/aromatic N) is 3. The molecule has 0 radical (unpaired) electrons. The molecule has 3 amide bonds. The molecule has 8 nitrogen and oxygen atoms in total. The van der Waals surface area contributed by atoms with Crippen LogP contribution in [-0.2, 0) is 9.59 Å². The Hall–Kier alpha value is -3.39. The molecule has 2 aromatic rings. The minimum absolute atomic E-state index is 0.101. The van der Waals surface area contributed by atoms with Crippen LogP contribution in [0.15, 0.2) is 53.5 Å². The van der Waals surface area contributed by atoms with E-state index in [0.717, 1.165) is 0 Å². The molecule has 3 rings (SSSR count). The molecular formula is C27H32ClN3O5. The molecule has 0 bridgehead atoms. The van der Waals surface area contributed by atoms with E-state index in [0.29, 0.717) is 35.2 Å². The average molecular weight is 514 g/mol. The Labute approximate surface area is 216 Å². The molecule has 1 heterocycles. The first-order valence-electron chi connectivity index (χ1n) is 11.9. The summed E-state index contributed by atoms with van der Waals surface area (Å²) >= 11 is 6.15. The molecule has 36 heavy (non-hydrogen) atoms. The van der Waals surface area contributed by atoms with Gasteiger partial charge in [-0.05, 0) is 54.7 Å². The standard InChI is InChI=1S/C27H32ClN3O5/c1-17(2)19-9-11-22(12-10-19)36-16-23(32)30(4)13-6-14-31-25(20-7-5-8-21(28)15-20)24(26(33)34)18(3)29-27(31)35/h5,7-12,15,17,24-25H,6,13-14,16H2,1-4H3,(H,33,34). The van der Waals surface area contributed by atoms with E-state index in [9.17, 15) is 19.5 Å². The maximum atomic E-state index is 12.8. The Morgan fingerprint density at radius 3 is 2.50 bits per heavy atom. The van der Waals surface area contributed by atoms with Crippen molar-refractivity contribution < 1.29 is 24.2 Å². The molecule has 0 fully saturated rings. The van der Waals surface area contributed by atoms with Crippen molar-refractivity contribution in [2.24, 2.45) is 10.9 Å². The molecule has 2 unspecified atom stereocenters. The number of halogens is 1. The van der Waals surface area contributed by atoms with Crippen LogP contribution in [0.25, 0.3) is 0 Å². The topological polar surface area (TPSA) is 99.5 Å². The van der Waals surface area contributed by atoms with Crippen LogP contribution in [0, 0.1) is 5.92 Å². The van der Waals surface area contributed by atoms with E-state index in [2.05, 4.69) is 18.8 Å². The molecule has 9 heteroatoms. The largest absolute Gasteiger partial charge is 0.484 e. The van der Waals surface area contributed by atoms with E-state index in [1.165, 1.54) is 15.4 Å². The Morgan fingerprint density at radius 2 is 1.89 bits per heavy atom. The summed E-state index contributed by atoms with van der Waals surface area (Å²) in [5, 5.41) is 10.3. The van der Waals surface area contributed by atoms with Crippen LogP contribution in [0.2, 0.25) is 5.02 Å². The third-order valence-corrected chi connectivity index (χ3v) is 6.54. The maximum Gasteiger partial charge on any atom is 0.344 e. The van der Waals surface area contributed by atoms with Gasteiger partial charge in [0, 0.05) is 30.9 Å². The molecule has 0 spiro atoms. The summed E-state index contributed by atoms with van der Waals surface area (Å²) in [7, 11) is 1.67. The SMILES string of the molecule is CC1=NC(=O)N(CCCN(C)C(=O)COc2ccc(C(C)C)cc2)C(c2cccc(Cl)c2)C1C(=O)O. The number of hydrogen-bond acceptors (Lipinski definition) is 4. The fraction of sp³-hybridized carbons (Fsp3) is 0.407. The highest BCUT2D eigenvalue weighted by Crippen LogP contribution is 2.35. The average Bonchev–Trinajstić information content (AvgIpc) is 2.83. The summed E-state index contributed by atoms with van der Waals surface area (Å²) in [5.41, 5.74) is 2.07. The van der Waals surface area contributed by atoms with Gasteiger partial charge in [0.15, 0.2) is 6.61 Å². The van der Waals surface area contributed by atoms with Crippen molar-refractivity contribution in [3.8, 4) is 5.75 Å². The number of ether oxygens (including phenoxy) is 1. The monoisotopic (exact) mass is 513 g/mol. The second-order valence-corrected chi connectivity index (χ2v) is 9.66. The Bertz CT molecular complexity index is 1130. The number of likely N-dealkylation sites (N-methyl/N-ethyl adjacent to an activating group) is 1.